The van der Waals surface area contributed by atoms with E-state index in [-0.39, 0.29) is 5.75 Å². The van der Waals surface area contributed by atoms with Crippen molar-refractivity contribution >= 4 is 39.5 Å². The minimum atomic E-state index is 0.116. The van der Waals surface area contributed by atoms with Crippen LogP contribution in [0.2, 0.25) is 0 Å². The van der Waals surface area contributed by atoms with Gasteiger partial charge in [-0.1, -0.05) is 6.07 Å². The highest BCUT2D eigenvalue weighted by Crippen LogP contribution is 2.40. The quantitative estimate of drug-likeness (QED) is 0.629. The summed E-state index contributed by atoms with van der Waals surface area (Å²) >= 11 is 2.89. The number of hydrogen-bond acceptors (Lipinski definition) is 4. The third-order valence-corrected chi connectivity index (χ3v) is 3.85. The SMILES string of the molecule is CSc1cccc2sc(C=O)c(O)c12. The van der Waals surface area contributed by atoms with Gasteiger partial charge in [-0.3, -0.25) is 4.79 Å². The van der Waals surface area contributed by atoms with Crippen LogP contribution in [0.25, 0.3) is 10.1 Å². The van der Waals surface area contributed by atoms with Gasteiger partial charge in [-0.2, -0.15) is 0 Å². The Morgan fingerprint density at radius 3 is 2.93 bits per heavy atom. The van der Waals surface area contributed by atoms with E-state index < -0.39 is 0 Å². The largest absolute Gasteiger partial charge is 0.506 e. The summed E-state index contributed by atoms with van der Waals surface area (Å²) in [7, 11) is 0. The summed E-state index contributed by atoms with van der Waals surface area (Å²) in [5.41, 5.74) is 0. The molecule has 0 bridgehead atoms. The standard InChI is InChI=1S/C10H8O2S2/c1-13-6-3-2-4-7-9(6)10(12)8(5-11)14-7/h2-5,12H,1H3. The zero-order valence-electron chi connectivity index (χ0n) is 7.48. The van der Waals surface area contributed by atoms with Crippen molar-refractivity contribution in [2.45, 2.75) is 4.90 Å². The summed E-state index contributed by atoms with van der Waals surface area (Å²) in [6.07, 6.45) is 2.65. The minimum absolute atomic E-state index is 0.116. The normalized spacial score (nSPS) is 10.6. The Morgan fingerprint density at radius 1 is 1.50 bits per heavy atom. The van der Waals surface area contributed by atoms with Gasteiger partial charge in [-0.15, -0.1) is 23.1 Å². The first-order valence-electron chi connectivity index (χ1n) is 4.01. The molecule has 1 heterocycles. The molecule has 14 heavy (non-hydrogen) atoms. The van der Waals surface area contributed by atoms with Crippen molar-refractivity contribution in [3.63, 3.8) is 0 Å². The van der Waals surface area contributed by atoms with Crippen LogP contribution < -0.4 is 0 Å². The van der Waals surface area contributed by atoms with Crippen molar-refractivity contribution in [3.8, 4) is 5.75 Å². The van der Waals surface area contributed by atoms with Gasteiger partial charge in [0.05, 0.1) is 0 Å². The van der Waals surface area contributed by atoms with Crippen molar-refractivity contribution in [2.75, 3.05) is 6.26 Å². The van der Waals surface area contributed by atoms with E-state index in [4.69, 9.17) is 0 Å². The topological polar surface area (TPSA) is 37.3 Å². The summed E-state index contributed by atoms with van der Waals surface area (Å²) in [6, 6.07) is 5.78. The lowest BCUT2D eigenvalue weighted by Crippen LogP contribution is -1.73. The zero-order chi connectivity index (χ0) is 10.1. The van der Waals surface area contributed by atoms with E-state index in [1.807, 2.05) is 24.5 Å². The van der Waals surface area contributed by atoms with Gasteiger partial charge in [-0.05, 0) is 18.4 Å². The fraction of sp³-hybridized carbons (Fsp3) is 0.100. The maximum atomic E-state index is 10.6. The summed E-state index contributed by atoms with van der Waals surface area (Å²) in [6.45, 7) is 0. The Kier molecular flexibility index (Phi) is 2.48. The van der Waals surface area contributed by atoms with Crippen molar-refractivity contribution in [1.82, 2.24) is 0 Å². The molecule has 0 aliphatic rings. The van der Waals surface area contributed by atoms with Crippen LogP contribution in [0.5, 0.6) is 5.75 Å². The van der Waals surface area contributed by atoms with Crippen LogP contribution in [0, 0.1) is 0 Å². The average molecular weight is 224 g/mol. The Balaban J connectivity index is 2.85. The monoisotopic (exact) mass is 224 g/mol. The van der Waals surface area contributed by atoms with E-state index in [0.29, 0.717) is 11.2 Å². The van der Waals surface area contributed by atoms with Crippen molar-refractivity contribution in [1.29, 1.82) is 0 Å². The second-order valence-electron chi connectivity index (χ2n) is 2.77. The molecule has 0 spiro atoms. The highest BCUT2D eigenvalue weighted by molar-refractivity contribution is 7.98. The predicted octanol–water partition coefficient (Wildman–Crippen LogP) is 3.14. The highest BCUT2D eigenvalue weighted by atomic mass is 32.2. The van der Waals surface area contributed by atoms with Crippen molar-refractivity contribution in [3.05, 3.63) is 23.1 Å². The van der Waals surface area contributed by atoms with Gasteiger partial charge in [0.2, 0.25) is 0 Å². The number of fused-ring (bicyclic) bond motifs is 1. The number of thiophene rings is 1. The fourth-order valence-corrected chi connectivity index (χ4v) is 3.00. The molecule has 0 amide bonds. The first kappa shape index (κ1) is 9.55. The molecule has 0 saturated heterocycles. The van der Waals surface area contributed by atoms with Gasteiger partial charge in [0.1, 0.15) is 10.6 Å². The molecule has 0 aliphatic carbocycles. The summed E-state index contributed by atoms with van der Waals surface area (Å²) < 4.78 is 0.955. The molecule has 2 rings (SSSR count). The maximum Gasteiger partial charge on any atom is 0.163 e. The van der Waals surface area contributed by atoms with Gasteiger partial charge < -0.3 is 5.11 Å². The number of hydrogen-bond donors (Lipinski definition) is 1. The lowest BCUT2D eigenvalue weighted by Gasteiger charge is -1.98. The summed E-state index contributed by atoms with van der Waals surface area (Å²) in [5.74, 6) is 0.116. The van der Waals surface area contributed by atoms with Crippen LogP contribution in [0.3, 0.4) is 0 Å². The van der Waals surface area contributed by atoms with E-state index in [2.05, 4.69) is 0 Å². The second kappa shape index (κ2) is 3.63. The molecule has 0 saturated carbocycles. The van der Waals surface area contributed by atoms with Gasteiger partial charge in [0, 0.05) is 15.0 Å². The maximum absolute atomic E-state index is 10.6. The summed E-state index contributed by atoms with van der Waals surface area (Å²) in [4.78, 5) is 12.0. The Morgan fingerprint density at radius 2 is 2.29 bits per heavy atom. The molecule has 72 valence electrons. The Labute approximate surface area is 89.6 Å². The average Bonchev–Trinajstić information content (AvgIpc) is 2.55. The van der Waals surface area contributed by atoms with Crippen LogP contribution in [0.4, 0.5) is 0 Å². The Hall–Kier alpha value is -1.00. The lowest BCUT2D eigenvalue weighted by atomic mass is 10.2. The molecular weight excluding hydrogens is 216 g/mol. The molecule has 0 atom stereocenters. The lowest BCUT2D eigenvalue weighted by molar-refractivity contribution is 0.112. The number of carbonyl (C=O) groups is 1. The molecule has 0 unspecified atom stereocenters. The molecule has 0 fully saturated rings. The number of thioether (sulfide) groups is 1. The van der Waals surface area contributed by atoms with Gasteiger partial charge in [0.15, 0.2) is 6.29 Å². The molecule has 0 aliphatic heterocycles. The molecule has 0 radical (unpaired) electrons. The molecule has 1 aromatic carbocycles. The Bertz CT molecular complexity index is 488. The highest BCUT2D eigenvalue weighted by Gasteiger charge is 2.12. The first-order valence-corrected chi connectivity index (χ1v) is 6.05. The molecule has 1 aromatic heterocycles. The van der Waals surface area contributed by atoms with Crippen LogP contribution in [-0.4, -0.2) is 17.6 Å². The zero-order valence-corrected chi connectivity index (χ0v) is 9.11. The van der Waals surface area contributed by atoms with Gasteiger partial charge in [0.25, 0.3) is 0 Å². The molecule has 1 N–H and O–H groups in total. The number of aromatic hydroxyl groups is 1. The van der Waals surface area contributed by atoms with E-state index in [1.54, 1.807) is 11.8 Å². The summed E-state index contributed by atoms with van der Waals surface area (Å²) in [5, 5.41) is 10.6. The second-order valence-corrected chi connectivity index (χ2v) is 4.70. The van der Waals surface area contributed by atoms with Gasteiger partial charge >= 0.3 is 0 Å². The van der Waals surface area contributed by atoms with E-state index in [9.17, 15) is 9.90 Å². The molecular formula is C10H8O2S2. The van der Waals surface area contributed by atoms with E-state index >= 15 is 0 Å². The fourth-order valence-electron chi connectivity index (χ4n) is 1.37. The smallest absolute Gasteiger partial charge is 0.163 e. The first-order chi connectivity index (χ1) is 6.77. The van der Waals surface area contributed by atoms with E-state index in [0.717, 1.165) is 15.0 Å². The van der Waals surface area contributed by atoms with E-state index in [1.165, 1.54) is 11.3 Å². The van der Waals surface area contributed by atoms with Gasteiger partial charge in [-0.25, -0.2) is 0 Å². The van der Waals surface area contributed by atoms with Crippen LogP contribution in [-0.2, 0) is 0 Å². The van der Waals surface area contributed by atoms with Crippen LogP contribution >= 0.6 is 23.1 Å². The molecule has 4 heteroatoms. The van der Waals surface area contributed by atoms with Crippen LogP contribution in [0.15, 0.2) is 23.1 Å². The number of carbonyl (C=O) groups excluding carboxylic acids is 1. The predicted molar refractivity (Wildman–Crippen MR) is 60.7 cm³/mol. The third-order valence-electron chi connectivity index (χ3n) is 2.01. The van der Waals surface area contributed by atoms with Crippen LogP contribution in [0.1, 0.15) is 9.67 Å². The third kappa shape index (κ3) is 1.31. The van der Waals surface area contributed by atoms with Crippen molar-refractivity contribution in [2.24, 2.45) is 0 Å². The number of benzene rings is 1. The number of aldehydes is 1. The molecule has 2 nitrogen and oxygen atoms in total. The number of rotatable bonds is 2. The molecule has 2 aromatic rings. The van der Waals surface area contributed by atoms with Crippen molar-refractivity contribution < 1.29 is 9.90 Å². The minimum Gasteiger partial charge on any atom is -0.506 e.